The van der Waals surface area contributed by atoms with E-state index in [4.69, 9.17) is 4.98 Å². The van der Waals surface area contributed by atoms with E-state index in [0.717, 1.165) is 39.0 Å². The number of phenols is 1. The fourth-order valence-electron chi connectivity index (χ4n) is 5.03. The average Bonchev–Trinajstić information content (AvgIpc) is 3.62. The highest BCUT2D eigenvalue weighted by molar-refractivity contribution is 5.94. The van der Waals surface area contributed by atoms with Crippen molar-refractivity contribution in [3.8, 4) is 28.4 Å². The smallest absolute Gasteiger partial charge is 0.320 e. The third kappa shape index (κ3) is 3.61. The van der Waals surface area contributed by atoms with Gasteiger partial charge in [-0.05, 0) is 53.8 Å². The highest BCUT2D eigenvalue weighted by atomic mass is 19.1. The average molecular weight is 477 g/mol. The molecule has 1 fully saturated rings. The first-order valence-electron chi connectivity index (χ1n) is 11.7. The molecule has 4 heterocycles. The van der Waals surface area contributed by atoms with Gasteiger partial charge in [-0.2, -0.15) is 5.10 Å². The van der Waals surface area contributed by atoms with Crippen molar-refractivity contribution < 1.29 is 19.4 Å². The first kappa shape index (κ1) is 21.6. The van der Waals surface area contributed by atoms with E-state index < -0.39 is 11.9 Å². The largest absolute Gasteiger partial charge is 0.505 e. The number of benzene rings is 2. The number of phenolic OH excluding ortho intramolecular Hbond substituents is 1. The molecule has 0 bridgehead atoms. The Kier molecular flexibility index (Phi) is 4.99. The van der Waals surface area contributed by atoms with Crippen molar-refractivity contribution in [2.45, 2.75) is 39.0 Å². The Morgan fingerprint density at radius 1 is 1.23 bits per heavy atom. The second-order valence-corrected chi connectivity index (χ2v) is 9.18. The van der Waals surface area contributed by atoms with E-state index in [0.29, 0.717) is 50.5 Å². The van der Waals surface area contributed by atoms with Gasteiger partial charge in [-0.25, -0.2) is 14.2 Å². The van der Waals surface area contributed by atoms with Crippen LogP contribution in [0.1, 0.15) is 30.3 Å². The standard InChI is InChI=1S/C25H25FN6O3/c1-2-13-8-22(34)18(26)9-17(13)14-3-4-16-19(7-14)29-30-23(16)24-27-20-11-32(12-21(20)28-24)25(35)31-6-5-15(33)10-31/h3-4,7-9,15,33-34H,2,5-6,10-12H2,1H3,(H,27,28)(H,29,30)/t15-/m1/s1. The molecule has 2 aromatic heterocycles. The number of carbonyl (C=O) groups is 1. The number of rotatable bonds is 3. The van der Waals surface area contributed by atoms with Gasteiger partial charge < -0.3 is 25.0 Å². The van der Waals surface area contributed by atoms with Gasteiger partial charge in [0, 0.05) is 18.5 Å². The summed E-state index contributed by atoms with van der Waals surface area (Å²) in [6.45, 7) is 3.76. The molecule has 2 aromatic carbocycles. The SMILES string of the molecule is CCc1cc(O)c(F)cc1-c1ccc2c(-c3nc4c([nH]3)CN(C(=O)N3CC[C@@H](O)C3)C4)n[nH]c2c1. The number of urea groups is 1. The summed E-state index contributed by atoms with van der Waals surface area (Å²) >= 11 is 0. The summed E-state index contributed by atoms with van der Waals surface area (Å²) in [5.41, 5.74) is 5.57. The Bertz CT molecular complexity index is 1440. The lowest BCUT2D eigenvalue weighted by molar-refractivity contribution is 0.145. The van der Waals surface area contributed by atoms with Gasteiger partial charge in [0.05, 0.1) is 36.1 Å². The van der Waals surface area contributed by atoms with Crippen LogP contribution in [0.4, 0.5) is 9.18 Å². The number of nitrogens with one attached hydrogen (secondary N) is 2. The number of nitrogens with zero attached hydrogens (tertiary/aromatic N) is 4. The van der Waals surface area contributed by atoms with E-state index in [2.05, 4.69) is 15.2 Å². The van der Waals surface area contributed by atoms with Gasteiger partial charge in [-0.3, -0.25) is 5.10 Å². The van der Waals surface area contributed by atoms with Gasteiger partial charge in [0.15, 0.2) is 17.4 Å². The molecule has 0 unspecified atom stereocenters. The molecule has 2 aliphatic heterocycles. The van der Waals surface area contributed by atoms with E-state index in [1.807, 2.05) is 25.1 Å². The van der Waals surface area contributed by atoms with Gasteiger partial charge in [0.25, 0.3) is 0 Å². The second-order valence-electron chi connectivity index (χ2n) is 9.18. The van der Waals surface area contributed by atoms with Crippen LogP contribution in [-0.4, -0.2) is 65.4 Å². The third-order valence-electron chi connectivity index (χ3n) is 6.91. The Morgan fingerprint density at radius 3 is 2.83 bits per heavy atom. The number of aromatic nitrogens is 4. The van der Waals surface area contributed by atoms with Gasteiger partial charge >= 0.3 is 6.03 Å². The molecule has 6 rings (SSSR count). The Labute approximate surface area is 200 Å². The number of aromatic hydroxyl groups is 1. The minimum atomic E-state index is -0.652. The maximum atomic E-state index is 14.1. The zero-order valence-electron chi connectivity index (χ0n) is 19.2. The third-order valence-corrected chi connectivity index (χ3v) is 6.91. The predicted octanol–water partition coefficient (Wildman–Crippen LogP) is 3.53. The number of likely N-dealkylation sites (tertiary alicyclic amines) is 1. The van der Waals surface area contributed by atoms with Crippen molar-refractivity contribution in [3.05, 3.63) is 53.1 Å². The quantitative estimate of drug-likeness (QED) is 0.360. The summed E-state index contributed by atoms with van der Waals surface area (Å²) in [5.74, 6) is -0.372. The number of aryl methyl sites for hydroxylation is 1. The number of aliphatic hydroxyl groups is 1. The molecule has 0 aliphatic carbocycles. The molecule has 2 amide bonds. The maximum Gasteiger partial charge on any atom is 0.320 e. The number of carbonyl (C=O) groups excluding carboxylic acids is 1. The summed E-state index contributed by atoms with van der Waals surface area (Å²) in [5, 5.41) is 27.8. The van der Waals surface area contributed by atoms with Crippen LogP contribution >= 0.6 is 0 Å². The number of β-amino-alcohol motifs (C(OH)–C–C–N with tert-alkyl or cyclic N) is 1. The molecule has 9 nitrogen and oxygen atoms in total. The number of hydrogen-bond acceptors (Lipinski definition) is 5. The van der Waals surface area contributed by atoms with Gasteiger partial charge in [-0.15, -0.1) is 0 Å². The normalized spacial score (nSPS) is 17.5. The number of imidazole rings is 1. The highest BCUT2D eigenvalue weighted by Gasteiger charge is 2.33. The Hall–Kier alpha value is -3.92. The Morgan fingerprint density at radius 2 is 2.09 bits per heavy atom. The summed E-state index contributed by atoms with van der Waals surface area (Å²) in [7, 11) is 0. The molecule has 180 valence electrons. The topological polar surface area (TPSA) is 121 Å². The number of aromatic amines is 2. The van der Waals surface area contributed by atoms with E-state index in [1.54, 1.807) is 9.80 Å². The lowest BCUT2D eigenvalue weighted by Gasteiger charge is -2.23. The predicted molar refractivity (Wildman–Crippen MR) is 127 cm³/mol. The van der Waals surface area contributed by atoms with Gasteiger partial charge in [0.2, 0.25) is 0 Å². The van der Waals surface area contributed by atoms with Crippen molar-refractivity contribution in [1.29, 1.82) is 0 Å². The number of hydrogen-bond donors (Lipinski definition) is 4. The molecule has 1 saturated heterocycles. The number of fused-ring (bicyclic) bond motifs is 2. The number of H-pyrrole nitrogens is 2. The molecular weight excluding hydrogens is 451 g/mol. The van der Waals surface area contributed by atoms with E-state index in [-0.39, 0.29) is 11.8 Å². The van der Waals surface area contributed by atoms with Crippen molar-refractivity contribution >= 4 is 16.9 Å². The molecule has 4 N–H and O–H groups in total. The molecule has 4 aromatic rings. The lowest BCUT2D eigenvalue weighted by atomic mass is 9.96. The lowest BCUT2D eigenvalue weighted by Crippen LogP contribution is -2.39. The zero-order chi connectivity index (χ0) is 24.3. The molecule has 0 radical (unpaired) electrons. The van der Waals surface area contributed by atoms with Crippen LogP contribution in [0.2, 0.25) is 0 Å². The highest BCUT2D eigenvalue weighted by Crippen LogP contribution is 2.34. The van der Waals surface area contributed by atoms with Crippen LogP contribution in [-0.2, 0) is 19.5 Å². The van der Waals surface area contributed by atoms with Crippen LogP contribution in [0.25, 0.3) is 33.5 Å². The molecule has 1 atom stereocenters. The Balaban J connectivity index is 1.26. The molecule has 35 heavy (non-hydrogen) atoms. The van der Waals surface area contributed by atoms with Crippen molar-refractivity contribution in [2.75, 3.05) is 13.1 Å². The molecule has 10 heteroatoms. The maximum absolute atomic E-state index is 14.1. The second kappa shape index (κ2) is 8.09. The van der Waals surface area contributed by atoms with E-state index in [9.17, 15) is 19.4 Å². The summed E-state index contributed by atoms with van der Waals surface area (Å²) < 4.78 is 14.1. The fraction of sp³-hybridized carbons (Fsp3) is 0.320. The van der Waals surface area contributed by atoms with Gasteiger partial charge in [0.1, 0.15) is 5.69 Å². The zero-order valence-corrected chi connectivity index (χ0v) is 19.2. The summed E-state index contributed by atoms with van der Waals surface area (Å²) in [6.07, 6.45) is 0.827. The summed E-state index contributed by atoms with van der Waals surface area (Å²) in [6, 6.07) is 8.50. The number of halogens is 1. The minimum Gasteiger partial charge on any atom is -0.505 e. The van der Waals surface area contributed by atoms with Crippen LogP contribution in [0, 0.1) is 5.82 Å². The van der Waals surface area contributed by atoms with Crippen molar-refractivity contribution in [3.63, 3.8) is 0 Å². The first-order chi connectivity index (χ1) is 16.9. The van der Waals surface area contributed by atoms with Crippen LogP contribution in [0.5, 0.6) is 5.75 Å². The number of amides is 2. The number of aliphatic hydroxyl groups excluding tert-OH is 1. The molecule has 0 saturated carbocycles. The minimum absolute atomic E-state index is 0.0793. The molecular formula is C25H25FN6O3. The van der Waals surface area contributed by atoms with Crippen molar-refractivity contribution in [2.24, 2.45) is 0 Å². The van der Waals surface area contributed by atoms with E-state index >= 15 is 0 Å². The van der Waals surface area contributed by atoms with Crippen molar-refractivity contribution in [1.82, 2.24) is 30.0 Å². The molecule has 2 aliphatic rings. The summed E-state index contributed by atoms with van der Waals surface area (Å²) in [4.78, 5) is 24.2. The first-order valence-corrected chi connectivity index (χ1v) is 11.7. The van der Waals surface area contributed by atoms with Gasteiger partial charge in [-0.1, -0.05) is 13.0 Å². The van der Waals surface area contributed by atoms with Crippen LogP contribution in [0.3, 0.4) is 0 Å². The van der Waals surface area contributed by atoms with Crippen LogP contribution < -0.4 is 0 Å². The van der Waals surface area contributed by atoms with Crippen LogP contribution in [0.15, 0.2) is 30.3 Å². The molecule has 0 spiro atoms. The monoisotopic (exact) mass is 476 g/mol. The van der Waals surface area contributed by atoms with E-state index in [1.165, 1.54) is 12.1 Å². The fourth-order valence-corrected chi connectivity index (χ4v) is 5.03.